The first kappa shape index (κ1) is 13.6. The lowest BCUT2D eigenvalue weighted by Gasteiger charge is -2.06. The molecular formula is C14H21NO2. The zero-order valence-electron chi connectivity index (χ0n) is 10.7. The second-order valence-electron chi connectivity index (χ2n) is 3.98. The first-order valence-electron chi connectivity index (χ1n) is 6.24. The molecule has 0 aromatic heterocycles. The molecule has 1 amide bonds. The Hall–Kier alpha value is -1.51. The number of carbonyl (C=O) groups is 1. The Kier molecular flexibility index (Phi) is 6.15. The number of carbonyl (C=O) groups excluding carboxylic acids is 1. The molecule has 0 aliphatic heterocycles. The van der Waals surface area contributed by atoms with Crippen molar-refractivity contribution in [3.05, 3.63) is 29.8 Å². The molecule has 1 aromatic carbocycles. The third-order valence-corrected chi connectivity index (χ3v) is 2.43. The van der Waals surface area contributed by atoms with Crippen LogP contribution in [0.2, 0.25) is 0 Å². The fourth-order valence-corrected chi connectivity index (χ4v) is 1.48. The number of nitrogens with one attached hydrogen (secondary N) is 1. The second kappa shape index (κ2) is 7.71. The Balaban J connectivity index is 2.41. The molecule has 0 spiro atoms. The summed E-state index contributed by atoms with van der Waals surface area (Å²) in [5.74, 6) is 0.935. The van der Waals surface area contributed by atoms with E-state index >= 15 is 0 Å². The van der Waals surface area contributed by atoms with Gasteiger partial charge in [0.15, 0.2) is 0 Å². The van der Waals surface area contributed by atoms with Crippen molar-refractivity contribution in [2.75, 3.05) is 13.2 Å². The molecule has 94 valence electrons. The van der Waals surface area contributed by atoms with Gasteiger partial charge < -0.3 is 10.1 Å². The number of unbranched alkanes of at least 4 members (excludes halogenated alkanes) is 1. The van der Waals surface area contributed by atoms with E-state index in [1.807, 2.05) is 31.2 Å². The van der Waals surface area contributed by atoms with Crippen molar-refractivity contribution in [3.63, 3.8) is 0 Å². The molecule has 0 unspecified atom stereocenters. The molecule has 1 aromatic rings. The first-order chi connectivity index (χ1) is 8.26. The van der Waals surface area contributed by atoms with Gasteiger partial charge in [-0.3, -0.25) is 4.79 Å². The molecule has 3 heteroatoms. The van der Waals surface area contributed by atoms with Gasteiger partial charge in [0.25, 0.3) is 0 Å². The van der Waals surface area contributed by atoms with Crippen LogP contribution in [0.25, 0.3) is 0 Å². The quantitative estimate of drug-likeness (QED) is 0.738. The van der Waals surface area contributed by atoms with Crippen LogP contribution in [-0.4, -0.2) is 19.1 Å². The lowest BCUT2D eigenvalue weighted by Crippen LogP contribution is -2.24. The Labute approximate surface area is 103 Å². The van der Waals surface area contributed by atoms with E-state index in [4.69, 9.17) is 4.74 Å². The molecule has 0 radical (unpaired) electrons. The molecule has 17 heavy (non-hydrogen) atoms. The highest BCUT2D eigenvalue weighted by Gasteiger charge is 2.01. The maximum Gasteiger partial charge on any atom is 0.224 e. The van der Waals surface area contributed by atoms with Crippen LogP contribution in [0, 0.1) is 0 Å². The van der Waals surface area contributed by atoms with Gasteiger partial charge in [-0.1, -0.05) is 25.5 Å². The zero-order valence-corrected chi connectivity index (χ0v) is 10.7. The third kappa shape index (κ3) is 5.38. The number of ether oxygens (including phenoxy) is 1. The van der Waals surface area contributed by atoms with Gasteiger partial charge in [-0.15, -0.1) is 0 Å². The molecule has 0 atom stereocenters. The van der Waals surface area contributed by atoms with Gasteiger partial charge in [0.05, 0.1) is 13.0 Å². The Morgan fingerprint density at radius 3 is 2.53 bits per heavy atom. The Morgan fingerprint density at radius 1 is 1.24 bits per heavy atom. The average Bonchev–Trinajstić information content (AvgIpc) is 2.32. The largest absolute Gasteiger partial charge is 0.494 e. The molecule has 0 aliphatic rings. The summed E-state index contributed by atoms with van der Waals surface area (Å²) in [5, 5.41) is 2.78. The van der Waals surface area contributed by atoms with Crippen molar-refractivity contribution in [1.29, 1.82) is 0 Å². The monoisotopic (exact) mass is 235 g/mol. The van der Waals surface area contributed by atoms with Gasteiger partial charge in [-0.2, -0.15) is 0 Å². The minimum absolute atomic E-state index is 0.0622. The van der Waals surface area contributed by atoms with Crippen molar-refractivity contribution < 1.29 is 9.53 Å². The smallest absolute Gasteiger partial charge is 0.224 e. The fraction of sp³-hybridized carbons (Fsp3) is 0.500. The predicted molar refractivity (Wildman–Crippen MR) is 69.2 cm³/mol. The second-order valence-corrected chi connectivity index (χ2v) is 3.98. The van der Waals surface area contributed by atoms with Crippen molar-refractivity contribution in [2.24, 2.45) is 0 Å². The van der Waals surface area contributed by atoms with Gasteiger partial charge in [-0.25, -0.2) is 0 Å². The summed E-state index contributed by atoms with van der Waals surface area (Å²) in [7, 11) is 0. The SMILES string of the molecule is CCCCOc1ccc(CC(=O)NCC)cc1. The summed E-state index contributed by atoms with van der Waals surface area (Å²) in [5.41, 5.74) is 1.01. The number of amides is 1. The summed E-state index contributed by atoms with van der Waals surface area (Å²) in [4.78, 5) is 11.4. The van der Waals surface area contributed by atoms with Crippen LogP contribution >= 0.6 is 0 Å². The number of rotatable bonds is 7. The number of benzene rings is 1. The van der Waals surface area contributed by atoms with E-state index in [-0.39, 0.29) is 5.91 Å². The summed E-state index contributed by atoms with van der Waals surface area (Å²) >= 11 is 0. The molecule has 0 saturated heterocycles. The molecule has 0 aliphatic carbocycles. The topological polar surface area (TPSA) is 38.3 Å². The van der Waals surface area contributed by atoms with Gasteiger partial charge >= 0.3 is 0 Å². The van der Waals surface area contributed by atoms with Crippen LogP contribution in [-0.2, 0) is 11.2 Å². The summed E-state index contributed by atoms with van der Waals surface area (Å²) in [6, 6.07) is 7.72. The molecule has 1 rings (SSSR count). The Morgan fingerprint density at radius 2 is 1.94 bits per heavy atom. The third-order valence-electron chi connectivity index (χ3n) is 2.43. The summed E-state index contributed by atoms with van der Waals surface area (Å²) in [6.45, 7) is 5.49. The van der Waals surface area contributed by atoms with E-state index in [2.05, 4.69) is 12.2 Å². The first-order valence-corrected chi connectivity index (χ1v) is 6.24. The summed E-state index contributed by atoms with van der Waals surface area (Å²) < 4.78 is 5.55. The van der Waals surface area contributed by atoms with Gasteiger partial charge in [0.1, 0.15) is 5.75 Å². The van der Waals surface area contributed by atoms with E-state index in [1.54, 1.807) is 0 Å². The highest BCUT2D eigenvalue weighted by Crippen LogP contribution is 2.13. The van der Waals surface area contributed by atoms with Crippen LogP contribution in [0.15, 0.2) is 24.3 Å². The van der Waals surface area contributed by atoms with Crippen LogP contribution < -0.4 is 10.1 Å². The van der Waals surface area contributed by atoms with Crippen LogP contribution in [0.5, 0.6) is 5.75 Å². The Bertz CT molecular complexity index is 333. The maximum atomic E-state index is 11.4. The highest BCUT2D eigenvalue weighted by molar-refractivity contribution is 5.78. The van der Waals surface area contributed by atoms with E-state index in [0.717, 1.165) is 30.8 Å². The van der Waals surface area contributed by atoms with Gasteiger partial charge in [0.2, 0.25) is 5.91 Å². The van der Waals surface area contributed by atoms with Crippen molar-refractivity contribution in [2.45, 2.75) is 33.1 Å². The minimum Gasteiger partial charge on any atom is -0.494 e. The number of hydrogen-bond donors (Lipinski definition) is 1. The number of hydrogen-bond acceptors (Lipinski definition) is 2. The van der Waals surface area contributed by atoms with E-state index in [0.29, 0.717) is 13.0 Å². The normalized spacial score (nSPS) is 10.0. The molecule has 3 nitrogen and oxygen atoms in total. The lowest BCUT2D eigenvalue weighted by molar-refractivity contribution is -0.120. The van der Waals surface area contributed by atoms with Crippen LogP contribution in [0.4, 0.5) is 0 Å². The molecule has 1 N–H and O–H groups in total. The maximum absolute atomic E-state index is 11.4. The van der Waals surface area contributed by atoms with Gasteiger partial charge in [-0.05, 0) is 31.0 Å². The van der Waals surface area contributed by atoms with E-state index in [9.17, 15) is 4.79 Å². The summed E-state index contributed by atoms with van der Waals surface area (Å²) in [6.07, 6.45) is 2.64. The van der Waals surface area contributed by atoms with Crippen LogP contribution in [0.3, 0.4) is 0 Å². The predicted octanol–water partition coefficient (Wildman–Crippen LogP) is 2.54. The standard InChI is InChI=1S/C14H21NO2/c1-3-5-10-17-13-8-6-12(7-9-13)11-14(16)15-4-2/h6-9H,3-5,10-11H2,1-2H3,(H,15,16). The zero-order chi connectivity index (χ0) is 12.5. The van der Waals surface area contributed by atoms with E-state index in [1.165, 1.54) is 0 Å². The minimum atomic E-state index is 0.0622. The van der Waals surface area contributed by atoms with Crippen molar-refractivity contribution >= 4 is 5.91 Å². The van der Waals surface area contributed by atoms with Crippen molar-refractivity contribution in [1.82, 2.24) is 5.32 Å². The van der Waals surface area contributed by atoms with Gasteiger partial charge in [0, 0.05) is 6.54 Å². The molecule has 0 fully saturated rings. The molecule has 0 saturated carbocycles. The van der Waals surface area contributed by atoms with E-state index < -0.39 is 0 Å². The highest BCUT2D eigenvalue weighted by atomic mass is 16.5. The molecule has 0 bridgehead atoms. The molecule has 0 heterocycles. The average molecular weight is 235 g/mol. The lowest BCUT2D eigenvalue weighted by atomic mass is 10.1. The fourth-order valence-electron chi connectivity index (χ4n) is 1.48. The van der Waals surface area contributed by atoms with Crippen LogP contribution in [0.1, 0.15) is 32.3 Å². The molecular weight excluding hydrogens is 214 g/mol. The number of likely N-dealkylation sites (N-methyl/N-ethyl adjacent to an activating group) is 1. The van der Waals surface area contributed by atoms with Crippen molar-refractivity contribution in [3.8, 4) is 5.75 Å².